The fourth-order valence-electron chi connectivity index (χ4n) is 8.96. The highest BCUT2D eigenvalue weighted by molar-refractivity contribution is 5.99. The number of amides is 2. The molecule has 1 heterocycles. The van der Waals surface area contributed by atoms with Gasteiger partial charge in [-0.25, -0.2) is 0 Å². The molecule has 8 atom stereocenters. The number of nitrogens with two attached hydrogens (primary N) is 1. The van der Waals surface area contributed by atoms with Crippen molar-refractivity contribution >= 4 is 11.8 Å². The van der Waals surface area contributed by atoms with E-state index in [-0.39, 0.29) is 43.0 Å². The van der Waals surface area contributed by atoms with Gasteiger partial charge in [-0.2, -0.15) is 5.06 Å². The summed E-state index contributed by atoms with van der Waals surface area (Å²) in [6, 6.07) is 18.0. The van der Waals surface area contributed by atoms with Crippen LogP contribution in [0, 0.1) is 29.1 Å². The van der Waals surface area contributed by atoms with Crippen molar-refractivity contribution in [3.63, 3.8) is 0 Å². The lowest BCUT2D eigenvalue weighted by Crippen LogP contribution is -2.62. The van der Waals surface area contributed by atoms with Crippen LogP contribution in [-0.4, -0.2) is 74.1 Å². The van der Waals surface area contributed by atoms with Crippen LogP contribution in [-0.2, 0) is 22.8 Å². The zero-order valence-corrected chi connectivity index (χ0v) is 31.3. The van der Waals surface area contributed by atoms with Crippen molar-refractivity contribution in [1.82, 2.24) is 15.7 Å². The molecule has 3 aromatic carbocycles. The van der Waals surface area contributed by atoms with Gasteiger partial charge in [0.2, 0.25) is 5.91 Å². The van der Waals surface area contributed by atoms with Crippen molar-refractivity contribution in [3.05, 3.63) is 77.4 Å². The summed E-state index contributed by atoms with van der Waals surface area (Å²) < 4.78 is 17.8. The fraction of sp³-hybridized carbons (Fsp3) is 0.512. The van der Waals surface area contributed by atoms with Crippen LogP contribution in [0.5, 0.6) is 17.2 Å². The average molecular weight is 715 g/mol. The summed E-state index contributed by atoms with van der Waals surface area (Å²) in [5.74, 6) is 2.19. The van der Waals surface area contributed by atoms with Crippen LogP contribution < -0.4 is 30.6 Å². The molecule has 3 aromatic rings. The summed E-state index contributed by atoms with van der Waals surface area (Å²) in [7, 11) is 4.79. The van der Waals surface area contributed by atoms with E-state index in [4.69, 9.17) is 24.8 Å². The van der Waals surface area contributed by atoms with Crippen LogP contribution in [0.1, 0.15) is 62.0 Å². The van der Waals surface area contributed by atoms with E-state index >= 15 is 0 Å². The molecule has 11 nitrogen and oxygen atoms in total. The van der Waals surface area contributed by atoms with E-state index in [1.807, 2.05) is 54.6 Å². The van der Waals surface area contributed by atoms with Gasteiger partial charge >= 0.3 is 0 Å². The van der Waals surface area contributed by atoms with Crippen LogP contribution in [0.3, 0.4) is 0 Å². The number of carbonyl (C=O) groups is 2. The number of rotatable bonds is 13. The predicted octanol–water partition coefficient (Wildman–Crippen LogP) is 4.94. The van der Waals surface area contributed by atoms with Crippen molar-refractivity contribution < 1.29 is 33.7 Å². The van der Waals surface area contributed by atoms with E-state index in [0.29, 0.717) is 45.9 Å². The van der Waals surface area contributed by atoms with Crippen molar-refractivity contribution in [2.24, 2.45) is 34.8 Å². The molecule has 5 N–H and O–H groups in total. The van der Waals surface area contributed by atoms with Crippen molar-refractivity contribution in [2.75, 3.05) is 27.8 Å². The lowest BCUT2D eigenvalue weighted by atomic mass is 9.45. The molecule has 1 aliphatic heterocycles. The number of aliphatic hydroxyl groups is 1. The van der Waals surface area contributed by atoms with E-state index in [0.717, 1.165) is 23.3 Å². The van der Waals surface area contributed by atoms with Gasteiger partial charge in [0.25, 0.3) is 5.91 Å². The number of fused-ring (bicyclic) bond motifs is 2. The summed E-state index contributed by atoms with van der Waals surface area (Å²) >= 11 is 0. The van der Waals surface area contributed by atoms with Crippen LogP contribution in [0.25, 0.3) is 11.1 Å². The molecule has 2 bridgehead atoms. The number of benzene rings is 3. The Balaban J connectivity index is 1.31. The monoisotopic (exact) mass is 714 g/mol. The first-order valence-electron chi connectivity index (χ1n) is 18.3. The average Bonchev–Trinajstić information content (AvgIpc) is 3.52. The largest absolute Gasteiger partial charge is 0.497 e. The summed E-state index contributed by atoms with van der Waals surface area (Å²) in [6.45, 7) is 9.16. The van der Waals surface area contributed by atoms with Gasteiger partial charge < -0.3 is 35.7 Å². The smallest absolute Gasteiger partial charge is 0.254 e. The molecule has 0 unspecified atom stereocenters. The van der Waals surface area contributed by atoms with Crippen molar-refractivity contribution in [1.29, 1.82) is 0 Å². The molecule has 7 rings (SSSR count). The molecule has 11 heteroatoms. The molecular formula is C41H54N4O7. The number of nitrogens with one attached hydrogen (secondary N) is 2. The maximum atomic E-state index is 14.3. The Bertz CT molecular complexity index is 1750. The number of methoxy groups -OCH3 is 2. The first-order chi connectivity index (χ1) is 24.9. The maximum Gasteiger partial charge on any atom is 0.254 e. The molecule has 4 fully saturated rings. The van der Waals surface area contributed by atoms with Gasteiger partial charge in [-0.15, -0.1) is 0 Å². The van der Waals surface area contributed by atoms with Crippen molar-refractivity contribution in [3.8, 4) is 28.4 Å². The Kier molecular flexibility index (Phi) is 11.2. The second-order valence-electron chi connectivity index (χ2n) is 15.2. The Morgan fingerprint density at radius 1 is 1.02 bits per heavy atom. The zero-order valence-electron chi connectivity index (χ0n) is 31.3. The third-order valence-corrected chi connectivity index (χ3v) is 12.1. The van der Waals surface area contributed by atoms with Gasteiger partial charge in [-0.1, -0.05) is 63.2 Å². The van der Waals surface area contributed by atoms with E-state index in [9.17, 15) is 14.7 Å². The molecule has 3 aliphatic carbocycles. The minimum Gasteiger partial charge on any atom is -0.497 e. The standard InChI is InChI=1S/C41H54N4O7/c1-23-32-18-27(41(32,3)4)19-33(23)44-40(48)36-35(24(2)46)34(20-42)52-45(36)21-26-10-8-11-29(37(26)50-7)30-12-9-13-31(39(47)43-5)38(30)51-22-25-14-16-28(49-6)17-15-25/h8-17,23-24,27,32-36,46H,18-22,42H2,1-7H3,(H,43,47)(H,44,48)/t23-,24-,27+,32+,33-,34-,35+,36-/m0/s1. The van der Waals surface area contributed by atoms with E-state index in [1.165, 1.54) is 6.42 Å². The SMILES string of the molecule is CNC(=O)c1cccc(-c2cccc(CN3O[C@@H](CN)[C@@H]([C@H](C)O)[C@H]3C(=O)N[C@H]3C[C@H]4C[C@H]([C@@H]3C)C4(C)C)c2OC)c1OCc1ccc(OC)cc1. The third kappa shape index (κ3) is 6.99. The van der Waals surface area contributed by atoms with Crippen molar-refractivity contribution in [2.45, 2.75) is 78.0 Å². The minimum atomic E-state index is -0.837. The van der Waals surface area contributed by atoms with E-state index in [2.05, 4.69) is 31.4 Å². The summed E-state index contributed by atoms with van der Waals surface area (Å²) in [5.41, 5.74) is 9.87. The first-order valence-corrected chi connectivity index (χ1v) is 18.3. The highest BCUT2D eigenvalue weighted by atomic mass is 16.7. The van der Waals surface area contributed by atoms with Crippen LogP contribution in [0.4, 0.5) is 0 Å². The van der Waals surface area contributed by atoms with Gasteiger partial charge in [0, 0.05) is 42.2 Å². The van der Waals surface area contributed by atoms with E-state index < -0.39 is 24.2 Å². The molecule has 0 radical (unpaired) electrons. The number of aliphatic hydroxyl groups excluding tert-OH is 1. The molecule has 52 heavy (non-hydrogen) atoms. The zero-order chi connectivity index (χ0) is 37.3. The van der Waals surface area contributed by atoms with E-state index in [1.54, 1.807) is 39.3 Å². The number of nitrogens with zero attached hydrogens (tertiary/aromatic N) is 1. The quantitative estimate of drug-likeness (QED) is 0.194. The van der Waals surface area contributed by atoms with Gasteiger partial charge in [0.15, 0.2) is 0 Å². The Labute approximate surface area is 307 Å². The highest BCUT2D eigenvalue weighted by Crippen LogP contribution is 2.61. The Morgan fingerprint density at radius 2 is 1.71 bits per heavy atom. The van der Waals surface area contributed by atoms with Crippen LogP contribution in [0.2, 0.25) is 0 Å². The Hall–Kier alpha value is -4.16. The first kappa shape index (κ1) is 37.6. The number of carbonyl (C=O) groups excluding carboxylic acids is 2. The lowest BCUT2D eigenvalue weighted by Gasteiger charge is -2.62. The number of hydrogen-bond acceptors (Lipinski definition) is 9. The normalized spacial score (nSPS) is 26.9. The molecule has 0 spiro atoms. The number of ether oxygens (including phenoxy) is 3. The van der Waals surface area contributed by atoms with Crippen LogP contribution in [0.15, 0.2) is 60.7 Å². The minimum absolute atomic E-state index is 0.0551. The number of hydrogen-bond donors (Lipinski definition) is 4. The fourth-order valence-corrected chi connectivity index (χ4v) is 8.96. The summed E-state index contributed by atoms with van der Waals surface area (Å²) in [5, 5.41) is 18.7. The highest BCUT2D eigenvalue weighted by Gasteiger charge is 2.57. The molecule has 4 aliphatic rings. The topological polar surface area (TPSA) is 145 Å². The predicted molar refractivity (Wildman–Crippen MR) is 199 cm³/mol. The van der Waals surface area contributed by atoms with Gasteiger partial charge in [-0.3, -0.25) is 14.4 Å². The Morgan fingerprint density at radius 3 is 2.31 bits per heavy atom. The molecular weight excluding hydrogens is 660 g/mol. The molecule has 2 amide bonds. The molecule has 3 saturated carbocycles. The molecule has 280 valence electrons. The second kappa shape index (κ2) is 15.4. The summed E-state index contributed by atoms with van der Waals surface area (Å²) in [4.78, 5) is 33.8. The number of para-hydroxylation sites is 2. The van der Waals surface area contributed by atoms with Gasteiger partial charge in [0.1, 0.15) is 29.9 Å². The van der Waals surface area contributed by atoms with Gasteiger partial charge in [0.05, 0.1) is 38.5 Å². The molecule has 0 aromatic heterocycles. The third-order valence-electron chi connectivity index (χ3n) is 12.1. The second-order valence-corrected chi connectivity index (χ2v) is 15.2. The van der Waals surface area contributed by atoms with Gasteiger partial charge in [-0.05, 0) is 66.7 Å². The number of hydroxylamine groups is 2. The maximum absolute atomic E-state index is 14.3. The van der Waals surface area contributed by atoms with Crippen LogP contribution >= 0.6 is 0 Å². The summed E-state index contributed by atoms with van der Waals surface area (Å²) in [6.07, 6.45) is 0.762. The lowest BCUT2D eigenvalue weighted by molar-refractivity contribution is -0.175. The molecule has 1 saturated heterocycles.